The summed E-state index contributed by atoms with van der Waals surface area (Å²) in [5.74, 6) is 0. The van der Waals surface area contributed by atoms with E-state index in [0.717, 1.165) is 23.9 Å². The molecular weight excluding hydrogens is 441 g/mol. The van der Waals surface area contributed by atoms with Crippen molar-refractivity contribution in [3.8, 4) is 0 Å². The van der Waals surface area contributed by atoms with Gasteiger partial charge < -0.3 is 9.31 Å². The average molecular weight is 477 g/mol. The van der Waals surface area contributed by atoms with Gasteiger partial charge in [0, 0.05) is 0 Å². The number of rotatable bonds is 8. The van der Waals surface area contributed by atoms with Crippen LogP contribution in [0.15, 0.2) is 97.1 Å². The Morgan fingerprint density at radius 3 is 2.19 bits per heavy atom. The van der Waals surface area contributed by atoms with Gasteiger partial charge in [0.15, 0.2) is 0 Å². The number of hydrogen-bond acceptors (Lipinski definition) is 3. The first-order chi connectivity index (χ1) is 17.1. The summed E-state index contributed by atoms with van der Waals surface area (Å²) in [6, 6.07) is 26.9. The van der Waals surface area contributed by atoms with E-state index in [-0.39, 0.29) is 0 Å². The second-order valence-corrected chi connectivity index (χ2v) is 10.5. The quantitative estimate of drug-likeness (QED) is 0.216. The van der Waals surface area contributed by atoms with Crippen LogP contribution in [0.5, 0.6) is 0 Å². The Morgan fingerprint density at radius 2 is 1.53 bits per heavy atom. The van der Waals surface area contributed by atoms with E-state index in [1.807, 2.05) is 58.0 Å². The standard InChI is InChI=1S/C32H36BNO2/c1-7-25(29-19-12-11-16-26(29)21-24-14-9-8-10-15-24)20-23(2)30(34)27-17-13-18-28(22-27)33-35-31(3,4)32(5,6)36-33/h8-20,22,34H,2,7,21H2,1,3-6H3/b25-20+,34-30?. The van der Waals surface area contributed by atoms with Crippen LogP contribution in [0.1, 0.15) is 63.3 Å². The van der Waals surface area contributed by atoms with Gasteiger partial charge in [-0.3, -0.25) is 5.41 Å². The Bertz CT molecular complexity index is 1270. The van der Waals surface area contributed by atoms with Gasteiger partial charge in [-0.25, -0.2) is 0 Å². The lowest BCUT2D eigenvalue weighted by Gasteiger charge is -2.32. The van der Waals surface area contributed by atoms with E-state index < -0.39 is 18.3 Å². The first kappa shape index (κ1) is 25.9. The van der Waals surface area contributed by atoms with Crippen molar-refractivity contribution in [3.05, 3.63) is 119 Å². The zero-order valence-corrected chi connectivity index (χ0v) is 22.1. The van der Waals surface area contributed by atoms with E-state index in [9.17, 15) is 0 Å². The molecule has 0 aromatic heterocycles. The predicted molar refractivity (Wildman–Crippen MR) is 152 cm³/mol. The number of allylic oxidation sites excluding steroid dienone is 3. The maximum Gasteiger partial charge on any atom is 0.494 e. The zero-order chi connectivity index (χ0) is 25.9. The third kappa shape index (κ3) is 5.45. The molecule has 0 saturated carbocycles. The molecule has 0 amide bonds. The fourth-order valence-corrected chi connectivity index (χ4v) is 4.46. The van der Waals surface area contributed by atoms with E-state index in [1.165, 1.54) is 22.3 Å². The average Bonchev–Trinajstić information content (AvgIpc) is 3.09. The minimum atomic E-state index is -0.456. The van der Waals surface area contributed by atoms with Gasteiger partial charge in [0.05, 0.1) is 16.9 Å². The highest BCUT2D eigenvalue weighted by molar-refractivity contribution is 6.62. The van der Waals surface area contributed by atoms with Crippen molar-refractivity contribution in [2.75, 3.05) is 0 Å². The van der Waals surface area contributed by atoms with Gasteiger partial charge >= 0.3 is 7.12 Å². The zero-order valence-electron chi connectivity index (χ0n) is 22.1. The fourth-order valence-electron chi connectivity index (χ4n) is 4.46. The van der Waals surface area contributed by atoms with Gasteiger partial charge in [-0.2, -0.15) is 0 Å². The molecule has 0 aliphatic carbocycles. The molecule has 1 aliphatic heterocycles. The van der Waals surface area contributed by atoms with Crippen LogP contribution >= 0.6 is 0 Å². The molecule has 0 atom stereocenters. The largest absolute Gasteiger partial charge is 0.494 e. The first-order valence-electron chi connectivity index (χ1n) is 12.7. The second kappa shape index (κ2) is 10.4. The highest BCUT2D eigenvalue weighted by atomic mass is 16.7. The summed E-state index contributed by atoms with van der Waals surface area (Å²) in [5.41, 5.74) is 6.95. The lowest BCUT2D eigenvalue weighted by Crippen LogP contribution is -2.41. The smallest absolute Gasteiger partial charge is 0.399 e. The van der Waals surface area contributed by atoms with E-state index in [2.05, 4.69) is 68.1 Å². The molecule has 0 spiro atoms. The third-order valence-corrected chi connectivity index (χ3v) is 7.35. The summed E-state index contributed by atoms with van der Waals surface area (Å²) < 4.78 is 12.4. The van der Waals surface area contributed by atoms with Gasteiger partial charge in [0.1, 0.15) is 0 Å². The van der Waals surface area contributed by atoms with E-state index in [1.54, 1.807) is 0 Å². The van der Waals surface area contributed by atoms with E-state index >= 15 is 0 Å². The lowest BCUT2D eigenvalue weighted by atomic mass is 9.78. The molecule has 184 valence electrons. The highest BCUT2D eigenvalue weighted by Crippen LogP contribution is 2.36. The van der Waals surface area contributed by atoms with E-state index in [0.29, 0.717) is 11.3 Å². The molecule has 3 aromatic rings. The summed E-state index contributed by atoms with van der Waals surface area (Å²) in [5, 5.41) is 8.90. The maximum atomic E-state index is 8.90. The Balaban J connectivity index is 1.57. The molecule has 0 bridgehead atoms. The van der Waals surface area contributed by atoms with Gasteiger partial charge in [0.2, 0.25) is 0 Å². The molecular formula is C32H36BNO2. The summed E-state index contributed by atoms with van der Waals surface area (Å²) in [6.45, 7) is 14.6. The molecule has 3 aromatic carbocycles. The lowest BCUT2D eigenvalue weighted by molar-refractivity contribution is 0.00578. The van der Waals surface area contributed by atoms with Crippen LogP contribution in [0, 0.1) is 5.41 Å². The minimum absolute atomic E-state index is 0.403. The van der Waals surface area contributed by atoms with Crippen LogP contribution in [-0.4, -0.2) is 24.0 Å². The maximum absolute atomic E-state index is 8.90. The summed E-state index contributed by atoms with van der Waals surface area (Å²) >= 11 is 0. The molecule has 4 heteroatoms. The number of hydrogen-bond donors (Lipinski definition) is 1. The summed E-state index contributed by atoms with van der Waals surface area (Å²) in [6.07, 6.45) is 3.79. The molecule has 1 fully saturated rings. The minimum Gasteiger partial charge on any atom is -0.399 e. The molecule has 0 unspecified atom stereocenters. The van der Waals surface area contributed by atoms with Crippen molar-refractivity contribution in [3.63, 3.8) is 0 Å². The molecule has 4 rings (SSSR count). The van der Waals surface area contributed by atoms with Crippen LogP contribution in [0.4, 0.5) is 0 Å². The third-order valence-electron chi connectivity index (χ3n) is 7.35. The van der Waals surface area contributed by atoms with Crippen molar-refractivity contribution in [1.82, 2.24) is 0 Å². The number of benzene rings is 3. The van der Waals surface area contributed by atoms with Crippen molar-refractivity contribution < 1.29 is 9.31 Å². The van der Waals surface area contributed by atoms with Crippen LogP contribution in [0.2, 0.25) is 0 Å². The Kier molecular flexibility index (Phi) is 7.49. The van der Waals surface area contributed by atoms with Gasteiger partial charge in [-0.15, -0.1) is 0 Å². The van der Waals surface area contributed by atoms with Crippen LogP contribution in [0.25, 0.3) is 5.57 Å². The normalized spacial score (nSPS) is 16.7. The number of nitrogens with one attached hydrogen (secondary N) is 1. The molecule has 36 heavy (non-hydrogen) atoms. The van der Waals surface area contributed by atoms with Crippen molar-refractivity contribution in [2.24, 2.45) is 0 Å². The Morgan fingerprint density at radius 1 is 0.889 bits per heavy atom. The van der Waals surface area contributed by atoms with Crippen LogP contribution in [-0.2, 0) is 15.7 Å². The topological polar surface area (TPSA) is 42.3 Å². The Hall–Kier alpha value is -3.21. The highest BCUT2D eigenvalue weighted by Gasteiger charge is 2.51. The van der Waals surface area contributed by atoms with Crippen LogP contribution in [0.3, 0.4) is 0 Å². The van der Waals surface area contributed by atoms with E-state index in [4.69, 9.17) is 14.7 Å². The summed E-state index contributed by atoms with van der Waals surface area (Å²) in [4.78, 5) is 0. The second-order valence-electron chi connectivity index (χ2n) is 10.5. The van der Waals surface area contributed by atoms with Crippen molar-refractivity contribution in [2.45, 2.75) is 58.7 Å². The van der Waals surface area contributed by atoms with Gasteiger partial charge in [-0.05, 0) is 85.5 Å². The fraction of sp³-hybridized carbons (Fsp3) is 0.281. The van der Waals surface area contributed by atoms with Crippen LogP contribution < -0.4 is 5.46 Å². The molecule has 3 nitrogen and oxygen atoms in total. The summed E-state index contributed by atoms with van der Waals surface area (Å²) in [7, 11) is -0.456. The molecule has 1 aliphatic rings. The van der Waals surface area contributed by atoms with Crippen molar-refractivity contribution in [1.29, 1.82) is 5.41 Å². The molecule has 1 saturated heterocycles. The monoisotopic (exact) mass is 477 g/mol. The van der Waals surface area contributed by atoms with Crippen molar-refractivity contribution >= 4 is 23.9 Å². The predicted octanol–water partition coefficient (Wildman–Crippen LogP) is 6.99. The Labute approximate surface area is 216 Å². The molecule has 1 heterocycles. The molecule has 1 N–H and O–H groups in total. The SMILES string of the molecule is C=C(/C=C(\CC)c1ccccc1Cc1ccccc1)C(=N)c1cccc(B2OC(C)(C)C(C)(C)O2)c1. The molecule has 0 radical (unpaired) electrons. The van der Waals surface area contributed by atoms with Gasteiger partial charge in [-0.1, -0.05) is 92.4 Å². The van der Waals surface area contributed by atoms with Gasteiger partial charge in [0.25, 0.3) is 0 Å². The first-order valence-corrected chi connectivity index (χ1v) is 12.7.